The lowest BCUT2D eigenvalue weighted by molar-refractivity contribution is -0.139. The summed E-state index contributed by atoms with van der Waals surface area (Å²) in [5.41, 5.74) is 8.27. The molecule has 0 heterocycles. The van der Waals surface area contributed by atoms with Gasteiger partial charge in [0.25, 0.3) is 0 Å². The van der Waals surface area contributed by atoms with Gasteiger partial charge in [-0.05, 0) is 60.8 Å². The van der Waals surface area contributed by atoms with Gasteiger partial charge in [-0.1, -0.05) is 24.1 Å². The van der Waals surface area contributed by atoms with Crippen molar-refractivity contribution in [1.29, 1.82) is 0 Å². The quantitative estimate of drug-likeness (QED) is 0.568. The minimum atomic E-state index is -1.34. The third-order valence-electron chi connectivity index (χ3n) is 4.31. The van der Waals surface area contributed by atoms with Crippen molar-refractivity contribution in [3.8, 4) is 0 Å². The van der Waals surface area contributed by atoms with E-state index >= 15 is 0 Å². The van der Waals surface area contributed by atoms with Crippen LogP contribution in [0.4, 0.5) is 0 Å². The summed E-state index contributed by atoms with van der Waals surface area (Å²) in [4.78, 5) is 11.7. The fourth-order valence-electron chi connectivity index (χ4n) is 3.31. The van der Waals surface area contributed by atoms with Gasteiger partial charge in [0.15, 0.2) is 0 Å². The number of carboxylic acids is 1. The molecular formula is C15H21BClNO4. The first-order valence-corrected chi connectivity index (χ1v) is 7.92. The molecule has 2 unspecified atom stereocenters. The van der Waals surface area contributed by atoms with Crippen molar-refractivity contribution >= 4 is 24.7 Å². The number of carboxylic acid groups (broad SMARTS) is 1. The fourth-order valence-corrected chi connectivity index (χ4v) is 3.59. The second-order valence-corrected chi connectivity index (χ2v) is 6.28. The number of hydrogen-bond acceptors (Lipinski definition) is 4. The SMILES string of the molecule is NCCc1cc2c(cc1Cl)CC(CCCB(O)O)C2C(=O)O. The average Bonchev–Trinajstić information content (AvgIpc) is 2.76. The number of nitrogens with two attached hydrogens (primary N) is 1. The van der Waals surface area contributed by atoms with Gasteiger partial charge in [0.2, 0.25) is 0 Å². The zero-order valence-corrected chi connectivity index (χ0v) is 13.1. The lowest BCUT2D eigenvalue weighted by Crippen LogP contribution is -2.19. The molecule has 1 aliphatic rings. The molecule has 1 aromatic carbocycles. The molecule has 0 aliphatic heterocycles. The normalized spacial score (nSPS) is 20.0. The number of aliphatic carboxylic acids is 1. The summed E-state index contributed by atoms with van der Waals surface area (Å²) in [6.07, 6.45) is 2.78. The molecule has 2 atom stereocenters. The molecule has 0 spiro atoms. The van der Waals surface area contributed by atoms with Gasteiger partial charge < -0.3 is 20.9 Å². The van der Waals surface area contributed by atoms with Crippen LogP contribution in [0, 0.1) is 5.92 Å². The third-order valence-corrected chi connectivity index (χ3v) is 4.67. The van der Waals surface area contributed by atoms with Crippen molar-refractivity contribution in [3.63, 3.8) is 0 Å². The van der Waals surface area contributed by atoms with Crippen LogP contribution in [0.3, 0.4) is 0 Å². The molecule has 22 heavy (non-hydrogen) atoms. The highest BCUT2D eigenvalue weighted by molar-refractivity contribution is 6.40. The van der Waals surface area contributed by atoms with Crippen LogP contribution in [0.1, 0.15) is 35.4 Å². The minimum Gasteiger partial charge on any atom is -0.481 e. The Morgan fingerprint density at radius 2 is 2.14 bits per heavy atom. The summed E-state index contributed by atoms with van der Waals surface area (Å²) in [5, 5.41) is 28.0. The topological polar surface area (TPSA) is 104 Å². The van der Waals surface area contributed by atoms with Gasteiger partial charge in [0.05, 0.1) is 5.92 Å². The molecule has 120 valence electrons. The average molecular weight is 326 g/mol. The van der Waals surface area contributed by atoms with Crippen LogP contribution in [0.15, 0.2) is 12.1 Å². The summed E-state index contributed by atoms with van der Waals surface area (Å²) in [6, 6.07) is 3.74. The first-order chi connectivity index (χ1) is 10.4. The van der Waals surface area contributed by atoms with E-state index in [9.17, 15) is 9.90 Å². The highest BCUT2D eigenvalue weighted by Crippen LogP contribution is 2.42. The van der Waals surface area contributed by atoms with Crippen molar-refractivity contribution in [2.75, 3.05) is 6.54 Å². The Labute approximate surface area is 135 Å². The number of benzene rings is 1. The van der Waals surface area contributed by atoms with Crippen molar-refractivity contribution in [2.24, 2.45) is 11.7 Å². The van der Waals surface area contributed by atoms with Gasteiger partial charge in [-0.3, -0.25) is 4.79 Å². The van der Waals surface area contributed by atoms with E-state index in [-0.39, 0.29) is 12.2 Å². The predicted molar refractivity (Wildman–Crippen MR) is 86.0 cm³/mol. The summed E-state index contributed by atoms with van der Waals surface area (Å²) in [7, 11) is -1.34. The third kappa shape index (κ3) is 3.81. The smallest absolute Gasteiger partial charge is 0.451 e. The van der Waals surface area contributed by atoms with E-state index in [0.29, 0.717) is 37.3 Å². The van der Waals surface area contributed by atoms with Crippen molar-refractivity contribution in [1.82, 2.24) is 0 Å². The number of halogens is 1. The lowest BCUT2D eigenvalue weighted by atomic mass is 9.80. The molecule has 2 rings (SSSR count). The van der Waals surface area contributed by atoms with Crippen LogP contribution in [0.25, 0.3) is 0 Å². The summed E-state index contributed by atoms with van der Waals surface area (Å²) >= 11 is 6.24. The van der Waals surface area contributed by atoms with Gasteiger partial charge in [-0.2, -0.15) is 0 Å². The van der Waals surface area contributed by atoms with Gasteiger partial charge >= 0.3 is 13.1 Å². The maximum atomic E-state index is 11.7. The van der Waals surface area contributed by atoms with Crippen LogP contribution < -0.4 is 5.73 Å². The Morgan fingerprint density at radius 1 is 1.41 bits per heavy atom. The van der Waals surface area contributed by atoms with Crippen LogP contribution in [0.5, 0.6) is 0 Å². The first kappa shape index (κ1) is 17.3. The molecule has 1 aliphatic carbocycles. The fraction of sp³-hybridized carbons (Fsp3) is 0.533. The van der Waals surface area contributed by atoms with Crippen LogP contribution in [0.2, 0.25) is 11.3 Å². The number of hydrogen-bond donors (Lipinski definition) is 4. The van der Waals surface area contributed by atoms with Crippen molar-refractivity contribution < 1.29 is 19.9 Å². The largest absolute Gasteiger partial charge is 0.481 e. The molecular weight excluding hydrogens is 304 g/mol. The van der Waals surface area contributed by atoms with Crippen LogP contribution in [-0.2, 0) is 17.6 Å². The highest BCUT2D eigenvalue weighted by Gasteiger charge is 2.37. The highest BCUT2D eigenvalue weighted by atomic mass is 35.5. The van der Waals surface area contributed by atoms with Gasteiger partial charge in [0.1, 0.15) is 0 Å². The maximum absolute atomic E-state index is 11.7. The second-order valence-electron chi connectivity index (χ2n) is 5.87. The van der Waals surface area contributed by atoms with Gasteiger partial charge in [-0.15, -0.1) is 0 Å². The molecule has 0 bridgehead atoms. The Kier molecular flexibility index (Phi) is 5.86. The molecule has 7 heteroatoms. The van der Waals surface area contributed by atoms with Gasteiger partial charge in [-0.25, -0.2) is 0 Å². The van der Waals surface area contributed by atoms with E-state index in [4.69, 9.17) is 27.4 Å². The monoisotopic (exact) mass is 325 g/mol. The maximum Gasteiger partial charge on any atom is 0.451 e. The summed E-state index contributed by atoms with van der Waals surface area (Å²) in [6.45, 7) is 0.466. The molecule has 0 saturated heterocycles. The zero-order valence-electron chi connectivity index (χ0n) is 12.3. The molecule has 0 amide bonds. The summed E-state index contributed by atoms with van der Waals surface area (Å²) < 4.78 is 0. The van der Waals surface area contributed by atoms with Crippen LogP contribution >= 0.6 is 11.6 Å². The van der Waals surface area contributed by atoms with E-state index in [2.05, 4.69) is 0 Å². The van der Waals surface area contributed by atoms with E-state index < -0.39 is 19.0 Å². The molecule has 0 aromatic heterocycles. The van der Waals surface area contributed by atoms with Gasteiger partial charge in [0, 0.05) is 5.02 Å². The number of fused-ring (bicyclic) bond motifs is 1. The number of carbonyl (C=O) groups is 1. The number of rotatable bonds is 7. The second kappa shape index (κ2) is 7.46. The molecule has 1 aromatic rings. The van der Waals surface area contributed by atoms with E-state index in [1.54, 1.807) is 0 Å². The lowest BCUT2D eigenvalue weighted by Gasteiger charge is -2.16. The Bertz CT molecular complexity index is 553. The van der Waals surface area contributed by atoms with E-state index in [1.165, 1.54) is 0 Å². The van der Waals surface area contributed by atoms with Crippen molar-refractivity contribution in [2.45, 2.75) is 37.9 Å². The predicted octanol–water partition coefficient (Wildman–Crippen LogP) is 1.43. The standard InChI is InChI=1S/C15H21BClNO4/c17-13-8-11-6-10(2-1-4-16(21)22)14(15(19)20)12(11)7-9(13)3-5-18/h7-8,10,14,21-22H,1-6,18H2,(H,19,20). The zero-order chi connectivity index (χ0) is 16.3. The molecule has 0 fully saturated rings. The Morgan fingerprint density at radius 3 is 2.73 bits per heavy atom. The van der Waals surface area contributed by atoms with E-state index in [0.717, 1.165) is 16.7 Å². The molecule has 5 N–H and O–H groups in total. The van der Waals surface area contributed by atoms with E-state index in [1.807, 2.05) is 12.1 Å². The molecule has 0 saturated carbocycles. The molecule has 0 radical (unpaired) electrons. The van der Waals surface area contributed by atoms with Crippen LogP contribution in [-0.4, -0.2) is 34.8 Å². The first-order valence-electron chi connectivity index (χ1n) is 7.54. The Balaban J connectivity index is 2.21. The minimum absolute atomic E-state index is 0.0320. The summed E-state index contributed by atoms with van der Waals surface area (Å²) in [5.74, 6) is -1.43. The molecule has 5 nitrogen and oxygen atoms in total. The van der Waals surface area contributed by atoms with Crippen molar-refractivity contribution in [3.05, 3.63) is 33.8 Å². The Hall–Kier alpha value is -1.08.